The van der Waals surface area contributed by atoms with E-state index in [1.54, 1.807) is 0 Å². The average Bonchev–Trinajstić information content (AvgIpc) is 2.04. The summed E-state index contributed by atoms with van der Waals surface area (Å²) in [6.07, 6.45) is 1.27. The number of isocyanates is 1. The van der Waals surface area contributed by atoms with Gasteiger partial charge in [0.2, 0.25) is 6.08 Å². The van der Waals surface area contributed by atoms with Gasteiger partial charge in [-0.25, -0.2) is 4.79 Å². The van der Waals surface area contributed by atoms with Crippen LogP contribution in [0.5, 0.6) is 0 Å². The number of rotatable bonds is 2. The van der Waals surface area contributed by atoms with Crippen molar-refractivity contribution >= 4 is 22.0 Å². The van der Waals surface area contributed by atoms with Gasteiger partial charge in [0.05, 0.1) is 10.6 Å². The minimum absolute atomic E-state index is 0.224. The molecule has 0 radical (unpaired) electrons. The fraction of sp³-hybridized carbons (Fsp3) is 0. The molecule has 0 amide bonds. The molecule has 4 nitrogen and oxygen atoms in total. The van der Waals surface area contributed by atoms with Crippen LogP contribution in [0.25, 0.3) is 0 Å². The van der Waals surface area contributed by atoms with Crippen LogP contribution in [0.4, 0.5) is 9.57 Å². The molecule has 68 valence electrons. The van der Waals surface area contributed by atoms with Crippen molar-refractivity contribution in [1.29, 1.82) is 0 Å². The summed E-state index contributed by atoms with van der Waals surface area (Å²) in [5.41, 5.74) is 0.224. The van der Waals surface area contributed by atoms with Gasteiger partial charge in [0, 0.05) is 0 Å². The van der Waals surface area contributed by atoms with E-state index >= 15 is 0 Å². The van der Waals surface area contributed by atoms with Crippen molar-refractivity contribution in [3.05, 3.63) is 24.3 Å². The van der Waals surface area contributed by atoms with Gasteiger partial charge < -0.3 is 0 Å². The van der Waals surface area contributed by atoms with Gasteiger partial charge in [-0.2, -0.15) is 13.4 Å². The highest BCUT2D eigenvalue weighted by Crippen LogP contribution is 2.17. The molecular weight excluding hydrogens is 197 g/mol. The van der Waals surface area contributed by atoms with Crippen molar-refractivity contribution in [2.45, 2.75) is 4.90 Å². The molecule has 0 bridgehead atoms. The van der Waals surface area contributed by atoms with Gasteiger partial charge in [-0.1, -0.05) is 0 Å². The number of carbonyl (C=O) groups excluding carboxylic acids is 1. The Kier molecular flexibility index (Phi) is 2.55. The van der Waals surface area contributed by atoms with Crippen LogP contribution >= 0.6 is 0 Å². The largest absolute Gasteiger partial charge is 0.332 e. The highest BCUT2D eigenvalue weighted by Gasteiger charge is 2.10. The van der Waals surface area contributed by atoms with Crippen molar-refractivity contribution in [3.8, 4) is 0 Å². The lowest BCUT2D eigenvalue weighted by molar-refractivity contribution is 0.552. The summed E-state index contributed by atoms with van der Waals surface area (Å²) >= 11 is 0. The Balaban J connectivity index is 3.15. The Hall–Kier alpha value is -1.52. The summed E-state index contributed by atoms with van der Waals surface area (Å²) < 4.78 is 33.0. The van der Waals surface area contributed by atoms with Crippen LogP contribution in [0.15, 0.2) is 34.2 Å². The van der Waals surface area contributed by atoms with Crippen LogP contribution in [-0.4, -0.2) is 14.5 Å². The van der Waals surface area contributed by atoms with Crippen molar-refractivity contribution in [1.82, 2.24) is 0 Å². The van der Waals surface area contributed by atoms with Crippen molar-refractivity contribution < 1.29 is 17.1 Å². The Bertz CT molecular complexity index is 445. The van der Waals surface area contributed by atoms with E-state index in [0.29, 0.717) is 0 Å². The normalized spacial score (nSPS) is 10.5. The van der Waals surface area contributed by atoms with E-state index in [9.17, 15) is 17.1 Å². The molecule has 0 aliphatic rings. The van der Waals surface area contributed by atoms with E-state index < -0.39 is 15.1 Å². The molecule has 1 aromatic rings. The van der Waals surface area contributed by atoms with Crippen LogP contribution in [0.1, 0.15) is 0 Å². The zero-order valence-electron chi connectivity index (χ0n) is 6.27. The third kappa shape index (κ3) is 2.47. The zero-order valence-corrected chi connectivity index (χ0v) is 7.08. The highest BCUT2D eigenvalue weighted by molar-refractivity contribution is 7.86. The molecule has 0 spiro atoms. The van der Waals surface area contributed by atoms with Gasteiger partial charge in [-0.15, -0.1) is 3.89 Å². The molecule has 0 atom stereocenters. The van der Waals surface area contributed by atoms with Crippen LogP contribution in [0, 0.1) is 0 Å². The van der Waals surface area contributed by atoms with Crippen LogP contribution in [0.2, 0.25) is 0 Å². The highest BCUT2D eigenvalue weighted by atomic mass is 32.3. The third-order valence-electron chi connectivity index (χ3n) is 1.29. The maximum Gasteiger partial charge on any atom is 0.332 e. The van der Waals surface area contributed by atoms with Gasteiger partial charge in [0.15, 0.2) is 0 Å². The summed E-state index contributed by atoms with van der Waals surface area (Å²) in [7, 11) is -4.67. The standard InChI is InChI=1S/C7H4FNO3S/c8-13(11,12)7-3-1-6(2-4-7)9-5-10/h1-4H. The molecular formula is C7H4FNO3S. The average molecular weight is 201 g/mol. The van der Waals surface area contributed by atoms with Gasteiger partial charge in [-0.05, 0) is 24.3 Å². The molecule has 13 heavy (non-hydrogen) atoms. The summed E-state index contributed by atoms with van der Waals surface area (Å²) in [6.45, 7) is 0. The van der Waals surface area contributed by atoms with Gasteiger partial charge in [-0.3, -0.25) is 0 Å². The fourth-order valence-electron chi connectivity index (χ4n) is 0.736. The van der Waals surface area contributed by atoms with Crippen LogP contribution < -0.4 is 0 Å². The SMILES string of the molecule is O=C=Nc1ccc(S(=O)(=O)F)cc1. The van der Waals surface area contributed by atoms with Crippen LogP contribution in [-0.2, 0) is 15.0 Å². The minimum Gasteiger partial charge on any atom is -0.211 e. The third-order valence-corrected chi connectivity index (χ3v) is 2.13. The maximum absolute atomic E-state index is 12.3. The van der Waals surface area contributed by atoms with Crippen molar-refractivity contribution in [3.63, 3.8) is 0 Å². The molecule has 6 heteroatoms. The second-order valence-electron chi connectivity index (χ2n) is 2.13. The predicted molar refractivity (Wildman–Crippen MR) is 42.5 cm³/mol. The van der Waals surface area contributed by atoms with E-state index in [1.165, 1.54) is 18.2 Å². The monoisotopic (exact) mass is 201 g/mol. The first-order valence-corrected chi connectivity index (χ1v) is 4.55. The quantitative estimate of drug-likeness (QED) is 0.411. The van der Waals surface area contributed by atoms with Gasteiger partial charge in [0.1, 0.15) is 0 Å². The van der Waals surface area contributed by atoms with Gasteiger partial charge >= 0.3 is 10.2 Å². The Morgan fingerprint density at radius 3 is 2.15 bits per heavy atom. The van der Waals surface area contributed by atoms with E-state index in [0.717, 1.165) is 12.1 Å². The first-order chi connectivity index (χ1) is 6.04. The first kappa shape index (κ1) is 9.57. The number of hydrogen-bond acceptors (Lipinski definition) is 4. The van der Waals surface area contributed by atoms with E-state index in [2.05, 4.69) is 4.99 Å². The number of halogens is 1. The summed E-state index contributed by atoms with van der Waals surface area (Å²) in [5.74, 6) is 0. The van der Waals surface area contributed by atoms with E-state index in [-0.39, 0.29) is 5.69 Å². The number of aliphatic imine (C=N–C) groups is 1. The number of nitrogens with zero attached hydrogens (tertiary/aromatic N) is 1. The Labute approximate surface area is 73.9 Å². The molecule has 1 rings (SSSR count). The summed E-state index contributed by atoms with van der Waals surface area (Å²) in [4.78, 5) is 12.5. The summed E-state index contributed by atoms with van der Waals surface area (Å²) in [5, 5.41) is 0. The molecule has 0 fully saturated rings. The lowest BCUT2D eigenvalue weighted by Gasteiger charge is -1.93. The second-order valence-corrected chi connectivity index (χ2v) is 3.48. The maximum atomic E-state index is 12.3. The molecule has 0 heterocycles. The molecule has 0 N–H and O–H groups in total. The zero-order chi connectivity index (χ0) is 9.90. The molecule has 0 aromatic heterocycles. The van der Waals surface area contributed by atoms with Crippen LogP contribution in [0.3, 0.4) is 0 Å². The van der Waals surface area contributed by atoms with E-state index in [4.69, 9.17) is 0 Å². The Morgan fingerprint density at radius 1 is 1.23 bits per heavy atom. The van der Waals surface area contributed by atoms with Gasteiger partial charge in [0.25, 0.3) is 0 Å². The Morgan fingerprint density at radius 2 is 1.77 bits per heavy atom. The predicted octanol–water partition coefficient (Wildman–Crippen LogP) is 1.31. The lowest BCUT2D eigenvalue weighted by Crippen LogP contribution is -1.89. The minimum atomic E-state index is -4.67. The first-order valence-electron chi connectivity index (χ1n) is 3.16. The fourth-order valence-corrected chi connectivity index (χ4v) is 1.20. The summed E-state index contributed by atoms with van der Waals surface area (Å²) in [6, 6.07) is 4.45. The number of benzene rings is 1. The second kappa shape index (κ2) is 3.47. The smallest absolute Gasteiger partial charge is 0.211 e. The molecule has 0 aliphatic carbocycles. The molecule has 0 unspecified atom stereocenters. The number of hydrogen-bond donors (Lipinski definition) is 0. The van der Waals surface area contributed by atoms with E-state index in [1.807, 2.05) is 0 Å². The molecule has 0 saturated carbocycles. The van der Waals surface area contributed by atoms with Crippen molar-refractivity contribution in [2.75, 3.05) is 0 Å². The molecule has 0 saturated heterocycles. The topological polar surface area (TPSA) is 63.6 Å². The lowest BCUT2D eigenvalue weighted by atomic mass is 10.3. The molecule has 0 aliphatic heterocycles. The molecule has 1 aromatic carbocycles. The van der Waals surface area contributed by atoms with Crippen molar-refractivity contribution in [2.24, 2.45) is 4.99 Å².